The molecule has 0 aliphatic heterocycles. The number of allylic oxidation sites excluding steroid dienone is 2. The summed E-state index contributed by atoms with van der Waals surface area (Å²) in [5, 5.41) is 0. The third kappa shape index (κ3) is 3.24. The maximum absolute atomic E-state index is 11.5. The first-order chi connectivity index (χ1) is 11.1. The predicted octanol–water partition coefficient (Wildman–Crippen LogP) is 4.83. The van der Waals surface area contributed by atoms with Gasteiger partial charge in [0.05, 0.1) is 12.8 Å². The van der Waals surface area contributed by atoms with Crippen LogP contribution < -0.4 is 0 Å². The molecular formula is C20H25NO2. The van der Waals surface area contributed by atoms with Gasteiger partial charge in [-0.15, -0.1) is 0 Å². The van der Waals surface area contributed by atoms with Crippen LogP contribution in [0.25, 0.3) is 0 Å². The Balaban J connectivity index is 1.93. The van der Waals surface area contributed by atoms with Gasteiger partial charge < -0.3 is 4.74 Å². The van der Waals surface area contributed by atoms with E-state index in [4.69, 9.17) is 9.73 Å². The molecule has 1 unspecified atom stereocenters. The van der Waals surface area contributed by atoms with Crippen molar-refractivity contribution in [2.45, 2.75) is 52.4 Å². The van der Waals surface area contributed by atoms with Crippen LogP contribution in [0.4, 0.5) is 5.69 Å². The molecule has 122 valence electrons. The fourth-order valence-corrected chi connectivity index (χ4v) is 3.95. The van der Waals surface area contributed by atoms with Gasteiger partial charge in [0.2, 0.25) is 0 Å². The minimum Gasteiger partial charge on any atom is -0.469 e. The summed E-state index contributed by atoms with van der Waals surface area (Å²) >= 11 is 0. The van der Waals surface area contributed by atoms with E-state index in [9.17, 15) is 4.79 Å². The fraction of sp³-hybridized carbons (Fsp3) is 0.500. The average molecular weight is 311 g/mol. The number of fused-ring (bicyclic) bond motifs is 1. The Labute approximate surface area is 138 Å². The molecule has 3 heteroatoms. The Bertz CT molecular complexity index is 665. The van der Waals surface area contributed by atoms with Crippen molar-refractivity contribution in [2.24, 2.45) is 10.9 Å². The Morgan fingerprint density at radius 3 is 2.74 bits per heavy atom. The molecule has 1 atom stereocenters. The molecule has 0 amide bonds. The number of para-hydroxylation sites is 1. The minimum absolute atomic E-state index is 0.133. The molecule has 0 heterocycles. The zero-order valence-corrected chi connectivity index (χ0v) is 14.3. The number of benzene rings is 1. The fourth-order valence-electron chi connectivity index (χ4n) is 3.95. The van der Waals surface area contributed by atoms with Crippen molar-refractivity contribution in [3.63, 3.8) is 0 Å². The van der Waals surface area contributed by atoms with Gasteiger partial charge in [-0.05, 0) is 68.6 Å². The van der Waals surface area contributed by atoms with E-state index in [2.05, 4.69) is 32.0 Å². The lowest BCUT2D eigenvalue weighted by Gasteiger charge is -2.10. The summed E-state index contributed by atoms with van der Waals surface area (Å²) in [6, 6.07) is 6.31. The first-order valence-electron chi connectivity index (χ1n) is 8.53. The van der Waals surface area contributed by atoms with Crippen LogP contribution in [0.15, 0.2) is 34.3 Å². The van der Waals surface area contributed by atoms with Crippen LogP contribution in [0.2, 0.25) is 0 Å². The molecule has 0 radical (unpaired) electrons. The van der Waals surface area contributed by atoms with Crippen LogP contribution in [0.5, 0.6) is 0 Å². The van der Waals surface area contributed by atoms with Gasteiger partial charge in [0.1, 0.15) is 0 Å². The molecule has 2 aliphatic rings. The van der Waals surface area contributed by atoms with Crippen molar-refractivity contribution in [3.05, 3.63) is 40.5 Å². The normalized spacial score (nSPS) is 21.9. The first-order valence-corrected chi connectivity index (χ1v) is 8.53. The molecule has 2 aliphatic carbocycles. The molecular weight excluding hydrogens is 286 g/mol. The number of carbonyl (C=O) groups excluding carboxylic acids is 1. The molecule has 3 nitrogen and oxygen atoms in total. The van der Waals surface area contributed by atoms with Crippen molar-refractivity contribution in [1.29, 1.82) is 0 Å². The number of hydrogen-bond donors (Lipinski definition) is 0. The van der Waals surface area contributed by atoms with Gasteiger partial charge in [-0.1, -0.05) is 23.8 Å². The van der Waals surface area contributed by atoms with Crippen LogP contribution in [-0.2, 0) is 9.53 Å². The number of methoxy groups -OCH3 is 1. The number of carbonyl (C=O) groups is 1. The third-order valence-corrected chi connectivity index (χ3v) is 5.16. The second kappa shape index (κ2) is 6.69. The van der Waals surface area contributed by atoms with Gasteiger partial charge in [-0.25, -0.2) is 0 Å². The molecule has 1 aromatic rings. The Morgan fingerprint density at radius 1 is 1.30 bits per heavy atom. The van der Waals surface area contributed by atoms with E-state index in [-0.39, 0.29) is 5.97 Å². The van der Waals surface area contributed by atoms with Crippen LogP contribution in [0.1, 0.15) is 49.7 Å². The van der Waals surface area contributed by atoms with E-state index >= 15 is 0 Å². The van der Waals surface area contributed by atoms with E-state index in [0.29, 0.717) is 12.3 Å². The number of ether oxygens (including phenoxy) is 1. The second-order valence-electron chi connectivity index (χ2n) is 6.67. The van der Waals surface area contributed by atoms with Crippen LogP contribution >= 0.6 is 0 Å². The predicted molar refractivity (Wildman–Crippen MR) is 93.2 cm³/mol. The zero-order valence-electron chi connectivity index (χ0n) is 14.3. The smallest absolute Gasteiger partial charge is 0.305 e. The summed E-state index contributed by atoms with van der Waals surface area (Å²) < 4.78 is 4.81. The Hall–Kier alpha value is -1.90. The highest BCUT2D eigenvalue weighted by atomic mass is 16.5. The molecule has 0 N–H and O–H groups in total. The second-order valence-corrected chi connectivity index (χ2v) is 6.67. The largest absolute Gasteiger partial charge is 0.469 e. The Morgan fingerprint density at radius 2 is 2.04 bits per heavy atom. The van der Waals surface area contributed by atoms with E-state index in [1.54, 1.807) is 5.57 Å². The highest BCUT2D eigenvalue weighted by Crippen LogP contribution is 2.44. The lowest BCUT2D eigenvalue weighted by molar-refractivity contribution is -0.140. The van der Waals surface area contributed by atoms with Gasteiger partial charge in [0, 0.05) is 12.1 Å². The number of hydrogen-bond acceptors (Lipinski definition) is 3. The summed E-state index contributed by atoms with van der Waals surface area (Å²) in [5.41, 5.74) is 7.61. The number of esters is 1. The van der Waals surface area contributed by atoms with Crippen LogP contribution in [0, 0.1) is 19.8 Å². The number of rotatable bonds is 4. The zero-order chi connectivity index (χ0) is 16.4. The van der Waals surface area contributed by atoms with Crippen molar-refractivity contribution >= 4 is 17.4 Å². The lowest BCUT2D eigenvalue weighted by atomic mass is 10.0. The molecule has 1 saturated carbocycles. The first kappa shape index (κ1) is 16.0. The number of nitrogens with zero attached hydrogens (tertiary/aromatic N) is 1. The summed E-state index contributed by atoms with van der Waals surface area (Å²) in [6.07, 6.45) is 5.98. The van der Waals surface area contributed by atoms with Crippen molar-refractivity contribution in [2.75, 3.05) is 7.11 Å². The number of aliphatic imine (C=N–C) groups is 1. The van der Waals surface area contributed by atoms with E-state index in [1.165, 1.54) is 48.8 Å². The molecule has 0 aromatic heterocycles. The topological polar surface area (TPSA) is 38.7 Å². The standard InChI is InChI=1S/C20H25NO2/c1-13-6-4-7-14(2)20(13)21-18-12-15-8-5-9-16(15)17(18)10-11-19(22)23-3/h4,6-7,15H,5,8-12H2,1-3H3. The molecule has 23 heavy (non-hydrogen) atoms. The minimum atomic E-state index is -0.133. The average Bonchev–Trinajstić information content (AvgIpc) is 3.10. The summed E-state index contributed by atoms with van der Waals surface area (Å²) in [4.78, 5) is 16.6. The highest BCUT2D eigenvalue weighted by molar-refractivity contribution is 6.05. The quantitative estimate of drug-likeness (QED) is 0.747. The highest BCUT2D eigenvalue weighted by Gasteiger charge is 2.33. The van der Waals surface area contributed by atoms with Crippen LogP contribution in [0.3, 0.4) is 0 Å². The van der Waals surface area contributed by atoms with Gasteiger partial charge in [-0.3, -0.25) is 9.79 Å². The molecule has 0 saturated heterocycles. The van der Waals surface area contributed by atoms with E-state index in [1.807, 2.05) is 0 Å². The van der Waals surface area contributed by atoms with Gasteiger partial charge in [-0.2, -0.15) is 0 Å². The molecule has 1 fully saturated rings. The van der Waals surface area contributed by atoms with Crippen molar-refractivity contribution < 1.29 is 9.53 Å². The molecule has 3 rings (SSSR count). The van der Waals surface area contributed by atoms with Gasteiger partial charge in [0.15, 0.2) is 0 Å². The van der Waals surface area contributed by atoms with Crippen molar-refractivity contribution in [3.8, 4) is 0 Å². The third-order valence-electron chi connectivity index (χ3n) is 5.16. The van der Waals surface area contributed by atoms with Crippen molar-refractivity contribution in [1.82, 2.24) is 0 Å². The number of aryl methyl sites for hydroxylation is 2. The maximum Gasteiger partial charge on any atom is 0.305 e. The van der Waals surface area contributed by atoms with Gasteiger partial charge in [0.25, 0.3) is 0 Å². The van der Waals surface area contributed by atoms with E-state index < -0.39 is 0 Å². The molecule has 0 spiro atoms. The lowest BCUT2D eigenvalue weighted by Crippen LogP contribution is -2.05. The summed E-state index contributed by atoms with van der Waals surface area (Å²) in [5.74, 6) is 0.525. The van der Waals surface area contributed by atoms with Gasteiger partial charge >= 0.3 is 5.97 Å². The molecule has 0 bridgehead atoms. The summed E-state index contributed by atoms with van der Waals surface area (Å²) in [7, 11) is 1.46. The molecule has 1 aromatic carbocycles. The van der Waals surface area contributed by atoms with E-state index in [0.717, 1.165) is 18.5 Å². The van der Waals surface area contributed by atoms with Crippen LogP contribution in [-0.4, -0.2) is 18.8 Å². The summed E-state index contributed by atoms with van der Waals surface area (Å²) in [6.45, 7) is 4.23. The Kier molecular flexibility index (Phi) is 4.65. The monoisotopic (exact) mass is 311 g/mol. The SMILES string of the molecule is COC(=O)CCC1=C2CCCC2CC1=Nc1c(C)cccc1C. The maximum atomic E-state index is 11.5.